The van der Waals surface area contributed by atoms with Crippen molar-refractivity contribution in [2.45, 2.75) is 25.3 Å². The molecule has 0 aliphatic heterocycles. The van der Waals surface area contributed by atoms with Gasteiger partial charge in [0.25, 0.3) is 0 Å². The van der Waals surface area contributed by atoms with Crippen LogP contribution in [0.1, 0.15) is 31.1 Å². The van der Waals surface area contributed by atoms with Crippen molar-refractivity contribution in [2.24, 2.45) is 5.84 Å². The molecule has 2 rings (SSSR count). The van der Waals surface area contributed by atoms with E-state index in [1.807, 2.05) is 19.9 Å². The Morgan fingerprint density at radius 2 is 1.90 bits per heavy atom. The van der Waals surface area contributed by atoms with E-state index < -0.39 is 5.41 Å². The van der Waals surface area contributed by atoms with E-state index in [4.69, 9.17) is 10.6 Å². The van der Waals surface area contributed by atoms with Crippen LogP contribution in [0.15, 0.2) is 42.6 Å². The summed E-state index contributed by atoms with van der Waals surface area (Å²) in [6.45, 7) is 4.05. The first-order valence-corrected chi connectivity index (χ1v) is 6.71. The first-order valence-electron chi connectivity index (χ1n) is 6.71. The van der Waals surface area contributed by atoms with Crippen LogP contribution in [-0.2, 0) is 5.41 Å². The van der Waals surface area contributed by atoms with E-state index in [2.05, 4.69) is 10.4 Å². The van der Waals surface area contributed by atoms with Crippen molar-refractivity contribution in [3.63, 3.8) is 0 Å². The van der Waals surface area contributed by atoms with Gasteiger partial charge in [-0.2, -0.15) is 0 Å². The van der Waals surface area contributed by atoms with Gasteiger partial charge in [0.2, 0.25) is 0 Å². The molecular formula is C16H20FN3O. The number of hydrogen-bond donors (Lipinski definition) is 2. The molecule has 0 amide bonds. The summed E-state index contributed by atoms with van der Waals surface area (Å²) in [5.41, 5.74) is 4.09. The smallest absolute Gasteiger partial charge is 0.142 e. The molecule has 1 aromatic heterocycles. The number of methoxy groups -OCH3 is 1. The third-order valence-electron chi connectivity index (χ3n) is 3.77. The largest absolute Gasteiger partial charge is 0.495 e. The molecule has 21 heavy (non-hydrogen) atoms. The van der Waals surface area contributed by atoms with Crippen LogP contribution in [0.3, 0.4) is 0 Å². The number of benzene rings is 1. The number of hydrogen-bond acceptors (Lipinski definition) is 4. The van der Waals surface area contributed by atoms with Crippen LogP contribution in [0, 0.1) is 5.82 Å². The first-order chi connectivity index (χ1) is 10.0. The second kappa shape index (κ2) is 6.20. The topological polar surface area (TPSA) is 60.2 Å². The van der Waals surface area contributed by atoms with Crippen LogP contribution in [0.5, 0.6) is 5.75 Å². The minimum absolute atomic E-state index is 0.262. The Bertz CT molecular complexity index is 599. The molecule has 0 bridgehead atoms. The number of nitrogens with two attached hydrogens (primary N) is 1. The van der Waals surface area contributed by atoms with Gasteiger partial charge in [-0.15, -0.1) is 0 Å². The van der Waals surface area contributed by atoms with Crippen LogP contribution in [-0.4, -0.2) is 12.1 Å². The molecule has 0 radical (unpaired) electrons. The fourth-order valence-corrected chi connectivity index (χ4v) is 2.47. The third kappa shape index (κ3) is 3.04. The number of halogens is 1. The normalized spacial score (nSPS) is 13.0. The number of rotatable bonds is 5. The minimum Gasteiger partial charge on any atom is -0.495 e. The summed E-state index contributed by atoms with van der Waals surface area (Å²) < 4.78 is 18.5. The van der Waals surface area contributed by atoms with E-state index in [1.165, 1.54) is 12.1 Å². The van der Waals surface area contributed by atoms with Crippen LogP contribution < -0.4 is 16.0 Å². The Morgan fingerprint density at radius 1 is 1.24 bits per heavy atom. The van der Waals surface area contributed by atoms with Gasteiger partial charge in [-0.3, -0.25) is 16.3 Å². The van der Waals surface area contributed by atoms with Gasteiger partial charge in [-0.1, -0.05) is 26.0 Å². The highest BCUT2D eigenvalue weighted by atomic mass is 19.1. The Morgan fingerprint density at radius 3 is 2.48 bits per heavy atom. The molecule has 0 fully saturated rings. The van der Waals surface area contributed by atoms with Crippen molar-refractivity contribution in [3.05, 3.63) is 59.7 Å². The molecule has 3 N–H and O–H groups in total. The van der Waals surface area contributed by atoms with Gasteiger partial charge in [-0.25, -0.2) is 4.39 Å². The zero-order valence-corrected chi connectivity index (χ0v) is 12.4. The number of nitrogens with zero attached hydrogens (tertiary/aromatic N) is 1. The molecule has 2 aromatic rings. The van der Waals surface area contributed by atoms with Crippen molar-refractivity contribution >= 4 is 0 Å². The average molecular weight is 289 g/mol. The Hall–Kier alpha value is -1.98. The van der Waals surface area contributed by atoms with Gasteiger partial charge in [-0.05, 0) is 29.8 Å². The lowest BCUT2D eigenvalue weighted by Crippen LogP contribution is -2.41. The van der Waals surface area contributed by atoms with E-state index in [9.17, 15) is 4.39 Å². The van der Waals surface area contributed by atoms with Crippen LogP contribution in [0.25, 0.3) is 0 Å². The lowest BCUT2D eigenvalue weighted by Gasteiger charge is -2.34. The molecule has 1 heterocycles. The van der Waals surface area contributed by atoms with Gasteiger partial charge < -0.3 is 4.74 Å². The summed E-state index contributed by atoms with van der Waals surface area (Å²) in [4.78, 5) is 4.39. The summed E-state index contributed by atoms with van der Waals surface area (Å²) in [5.74, 6) is 6.16. The van der Waals surface area contributed by atoms with Gasteiger partial charge in [0, 0.05) is 11.6 Å². The lowest BCUT2D eigenvalue weighted by atomic mass is 9.76. The maximum Gasteiger partial charge on any atom is 0.142 e. The fraction of sp³-hybridized carbons (Fsp3) is 0.312. The molecule has 1 atom stereocenters. The summed E-state index contributed by atoms with van der Waals surface area (Å²) in [6.07, 6.45) is 1.70. The SMILES string of the molecule is COc1cccnc1C(NN)C(C)(C)c1ccc(F)cc1. The number of ether oxygens (including phenoxy) is 1. The molecule has 1 aromatic carbocycles. The van der Waals surface area contributed by atoms with Crippen LogP contribution >= 0.6 is 0 Å². The second-order valence-electron chi connectivity index (χ2n) is 5.42. The van der Waals surface area contributed by atoms with E-state index >= 15 is 0 Å². The molecule has 1 unspecified atom stereocenters. The highest BCUT2D eigenvalue weighted by molar-refractivity contribution is 5.36. The van der Waals surface area contributed by atoms with E-state index in [-0.39, 0.29) is 11.9 Å². The molecule has 0 aliphatic carbocycles. The van der Waals surface area contributed by atoms with E-state index in [0.29, 0.717) is 5.75 Å². The van der Waals surface area contributed by atoms with Gasteiger partial charge in [0.15, 0.2) is 0 Å². The van der Waals surface area contributed by atoms with Crippen LogP contribution in [0.2, 0.25) is 0 Å². The second-order valence-corrected chi connectivity index (χ2v) is 5.42. The monoisotopic (exact) mass is 289 g/mol. The van der Waals surface area contributed by atoms with Gasteiger partial charge in [0.1, 0.15) is 17.3 Å². The zero-order chi connectivity index (χ0) is 15.5. The van der Waals surface area contributed by atoms with Crippen molar-refractivity contribution in [1.82, 2.24) is 10.4 Å². The lowest BCUT2D eigenvalue weighted by molar-refractivity contribution is 0.325. The Balaban J connectivity index is 2.46. The molecule has 112 valence electrons. The third-order valence-corrected chi connectivity index (χ3v) is 3.77. The molecular weight excluding hydrogens is 269 g/mol. The molecule has 4 nitrogen and oxygen atoms in total. The zero-order valence-electron chi connectivity index (χ0n) is 12.4. The molecule has 5 heteroatoms. The standard InChI is InChI=1S/C16H20FN3O/c1-16(2,11-6-8-12(17)9-7-11)15(20-18)14-13(21-3)5-4-10-19-14/h4-10,15,20H,18H2,1-3H3. The highest BCUT2D eigenvalue weighted by Crippen LogP contribution is 2.38. The number of hydrazine groups is 1. The molecule has 0 aliphatic rings. The van der Waals surface area contributed by atoms with Crippen molar-refractivity contribution < 1.29 is 9.13 Å². The van der Waals surface area contributed by atoms with E-state index in [1.54, 1.807) is 31.5 Å². The Labute approximate surface area is 124 Å². The summed E-state index contributed by atoms with van der Waals surface area (Å²) >= 11 is 0. The van der Waals surface area contributed by atoms with Crippen molar-refractivity contribution in [2.75, 3.05) is 7.11 Å². The maximum atomic E-state index is 13.1. The maximum absolute atomic E-state index is 13.1. The molecule has 0 saturated carbocycles. The van der Waals surface area contributed by atoms with E-state index in [0.717, 1.165) is 11.3 Å². The fourth-order valence-electron chi connectivity index (χ4n) is 2.47. The minimum atomic E-state index is -0.399. The average Bonchev–Trinajstić information content (AvgIpc) is 2.48. The van der Waals surface area contributed by atoms with Gasteiger partial charge in [0.05, 0.1) is 13.2 Å². The Kier molecular flexibility index (Phi) is 4.55. The molecule has 0 spiro atoms. The summed E-state index contributed by atoms with van der Waals surface area (Å²) in [5, 5.41) is 0. The number of nitrogens with one attached hydrogen (secondary N) is 1. The number of pyridine rings is 1. The summed E-state index contributed by atoms with van der Waals surface area (Å²) in [7, 11) is 1.60. The van der Waals surface area contributed by atoms with Crippen LogP contribution in [0.4, 0.5) is 4.39 Å². The predicted octanol–water partition coefficient (Wildman–Crippen LogP) is 2.71. The summed E-state index contributed by atoms with van der Waals surface area (Å²) in [6, 6.07) is 9.78. The van der Waals surface area contributed by atoms with Gasteiger partial charge >= 0.3 is 0 Å². The number of aromatic nitrogens is 1. The molecule has 0 saturated heterocycles. The van der Waals surface area contributed by atoms with Crippen molar-refractivity contribution in [1.29, 1.82) is 0 Å². The predicted molar refractivity (Wildman–Crippen MR) is 80.3 cm³/mol. The van der Waals surface area contributed by atoms with Crippen molar-refractivity contribution in [3.8, 4) is 5.75 Å². The quantitative estimate of drug-likeness (QED) is 0.656. The highest BCUT2D eigenvalue weighted by Gasteiger charge is 2.34. The first kappa shape index (κ1) is 15.4.